The van der Waals surface area contributed by atoms with Crippen LogP contribution in [0.25, 0.3) is 22.3 Å². The first-order valence-corrected chi connectivity index (χ1v) is 10.0. The zero-order valence-electron chi connectivity index (χ0n) is 16.5. The normalized spacial score (nSPS) is 14.3. The number of hydrogen-bond acceptors (Lipinski definition) is 6. The number of rotatable bonds is 4. The Morgan fingerprint density at radius 1 is 0.967 bits per heavy atom. The van der Waals surface area contributed by atoms with Crippen molar-refractivity contribution in [1.29, 1.82) is 0 Å². The number of anilines is 2. The number of ether oxygens (including phenoxy) is 1. The fraction of sp³-hybridized carbons (Fsp3) is 0.217. The van der Waals surface area contributed by atoms with Gasteiger partial charge >= 0.3 is 0 Å². The highest BCUT2D eigenvalue weighted by molar-refractivity contribution is 5.94. The molecule has 0 saturated carbocycles. The molecule has 0 spiro atoms. The first-order chi connectivity index (χ1) is 14.7. The molecule has 2 aromatic carbocycles. The van der Waals surface area contributed by atoms with Crippen LogP contribution in [0.5, 0.6) is 5.88 Å². The van der Waals surface area contributed by atoms with Crippen molar-refractivity contribution >= 4 is 22.4 Å². The summed E-state index contributed by atoms with van der Waals surface area (Å²) in [6.07, 6.45) is 1.94. The molecule has 0 unspecified atom stereocenters. The minimum Gasteiger partial charge on any atom is -0.493 e. The van der Waals surface area contributed by atoms with Crippen LogP contribution in [0.2, 0.25) is 0 Å². The van der Waals surface area contributed by atoms with E-state index < -0.39 is 0 Å². The summed E-state index contributed by atoms with van der Waals surface area (Å²) in [5.74, 6) is 1.52. The van der Waals surface area contributed by atoms with E-state index >= 15 is 0 Å². The second-order valence-electron chi connectivity index (χ2n) is 7.42. The SMILES string of the molecule is Nc1ccc(-c2nc(N3CCOCC3)c3cn(Cc4ccccc4)c(O)c3n2)cc1. The lowest BCUT2D eigenvalue weighted by Gasteiger charge is -2.28. The maximum atomic E-state index is 11.0. The van der Waals surface area contributed by atoms with Gasteiger partial charge in [-0.2, -0.15) is 0 Å². The van der Waals surface area contributed by atoms with Gasteiger partial charge in [0, 0.05) is 30.5 Å². The first-order valence-electron chi connectivity index (χ1n) is 10.0. The molecule has 1 aliphatic heterocycles. The first kappa shape index (κ1) is 18.4. The van der Waals surface area contributed by atoms with Crippen LogP contribution in [0.4, 0.5) is 11.5 Å². The van der Waals surface area contributed by atoms with Crippen LogP contribution in [0.3, 0.4) is 0 Å². The summed E-state index contributed by atoms with van der Waals surface area (Å²) < 4.78 is 7.34. The Balaban J connectivity index is 1.65. The van der Waals surface area contributed by atoms with Crippen LogP contribution in [0.15, 0.2) is 60.8 Å². The monoisotopic (exact) mass is 401 g/mol. The number of morpholine rings is 1. The van der Waals surface area contributed by atoms with E-state index in [0.29, 0.717) is 36.8 Å². The zero-order valence-corrected chi connectivity index (χ0v) is 16.5. The number of fused-ring (bicyclic) bond motifs is 1. The highest BCUT2D eigenvalue weighted by atomic mass is 16.5. The van der Waals surface area contributed by atoms with Crippen LogP contribution in [-0.4, -0.2) is 45.9 Å². The van der Waals surface area contributed by atoms with E-state index in [0.717, 1.165) is 35.4 Å². The summed E-state index contributed by atoms with van der Waals surface area (Å²) in [6.45, 7) is 3.36. The smallest absolute Gasteiger partial charge is 0.218 e. The minimum absolute atomic E-state index is 0.141. The number of hydrogen-bond donors (Lipinski definition) is 2. The van der Waals surface area contributed by atoms with Gasteiger partial charge in [0.2, 0.25) is 5.88 Å². The van der Waals surface area contributed by atoms with Crippen molar-refractivity contribution < 1.29 is 9.84 Å². The summed E-state index contributed by atoms with van der Waals surface area (Å²) in [6, 6.07) is 17.5. The van der Waals surface area contributed by atoms with Crippen molar-refractivity contribution in [2.45, 2.75) is 6.54 Å². The highest BCUT2D eigenvalue weighted by Crippen LogP contribution is 2.35. The van der Waals surface area contributed by atoms with Crippen LogP contribution < -0.4 is 10.6 Å². The molecule has 1 saturated heterocycles. The molecule has 0 bridgehead atoms. The molecule has 0 atom stereocenters. The maximum Gasteiger partial charge on any atom is 0.218 e. The summed E-state index contributed by atoms with van der Waals surface area (Å²) in [7, 11) is 0. The fourth-order valence-corrected chi connectivity index (χ4v) is 3.78. The number of nitrogen functional groups attached to an aromatic ring is 1. The topological polar surface area (TPSA) is 89.4 Å². The van der Waals surface area contributed by atoms with Gasteiger partial charge in [-0.15, -0.1) is 0 Å². The summed E-state index contributed by atoms with van der Waals surface area (Å²) >= 11 is 0. The van der Waals surface area contributed by atoms with Gasteiger partial charge in [0.05, 0.1) is 25.1 Å². The van der Waals surface area contributed by atoms with Crippen LogP contribution in [0, 0.1) is 0 Å². The fourth-order valence-electron chi connectivity index (χ4n) is 3.78. The third kappa shape index (κ3) is 3.44. The lowest BCUT2D eigenvalue weighted by atomic mass is 10.2. The average Bonchev–Trinajstić information content (AvgIpc) is 3.10. The minimum atomic E-state index is 0.141. The second kappa shape index (κ2) is 7.68. The number of nitrogens with zero attached hydrogens (tertiary/aromatic N) is 4. The van der Waals surface area contributed by atoms with Crippen LogP contribution >= 0.6 is 0 Å². The molecule has 0 aliphatic carbocycles. The average molecular weight is 401 g/mol. The van der Waals surface area contributed by atoms with Crippen molar-refractivity contribution in [3.63, 3.8) is 0 Å². The highest BCUT2D eigenvalue weighted by Gasteiger charge is 2.22. The Hall–Kier alpha value is -3.58. The van der Waals surface area contributed by atoms with Crippen LogP contribution in [-0.2, 0) is 11.3 Å². The van der Waals surface area contributed by atoms with Gasteiger partial charge in [-0.1, -0.05) is 30.3 Å². The number of aromatic nitrogens is 3. The molecule has 30 heavy (non-hydrogen) atoms. The maximum absolute atomic E-state index is 11.0. The van der Waals surface area contributed by atoms with E-state index in [9.17, 15) is 5.11 Å². The van der Waals surface area contributed by atoms with E-state index in [1.54, 1.807) is 0 Å². The zero-order chi connectivity index (χ0) is 20.5. The van der Waals surface area contributed by atoms with E-state index in [1.165, 1.54) is 0 Å². The molecule has 0 radical (unpaired) electrons. The van der Waals surface area contributed by atoms with E-state index in [4.69, 9.17) is 20.4 Å². The summed E-state index contributed by atoms with van der Waals surface area (Å²) in [5, 5.41) is 11.8. The van der Waals surface area contributed by atoms with E-state index in [1.807, 2.05) is 65.4 Å². The summed E-state index contributed by atoms with van der Waals surface area (Å²) in [5.41, 5.74) is 9.03. The van der Waals surface area contributed by atoms with Gasteiger partial charge in [-0.25, -0.2) is 9.97 Å². The molecule has 152 valence electrons. The van der Waals surface area contributed by atoms with Crippen LogP contribution in [0.1, 0.15) is 5.56 Å². The number of benzene rings is 2. The Kier molecular flexibility index (Phi) is 4.72. The third-order valence-electron chi connectivity index (χ3n) is 5.37. The molecular weight excluding hydrogens is 378 g/mol. The summed E-state index contributed by atoms with van der Waals surface area (Å²) in [4.78, 5) is 11.8. The van der Waals surface area contributed by atoms with Gasteiger partial charge in [0.25, 0.3) is 0 Å². The van der Waals surface area contributed by atoms with Crippen molar-refractivity contribution in [2.24, 2.45) is 0 Å². The Bertz CT molecular complexity index is 1170. The molecule has 2 aromatic heterocycles. The van der Waals surface area contributed by atoms with Crippen molar-refractivity contribution in [3.8, 4) is 17.3 Å². The predicted molar refractivity (Wildman–Crippen MR) is 118 cm³/mol. The van der Waals surface area contributed by atoms with Gasteiger partial charge in [-0.05, 0) is 29.8 Å². The number of nitrogens with two attached hydrogens (primary N) is 1. The van der Waals surface area contributed by atoms with Gasteiger partial charge < -0.3 is 25.0 Å². The molecule has 3 heterocycles. The quantitative estimate of drug-likeness (QED) is 0.510. The van der Waals surface area contributed by atoms with Crippen molar-refractivity contribution in [3.05, 3.63) is 66.4 Å². The number of aromatic hydroxyl groups is 1. The van der Waals surface area contributed by atoms with Gasteiger partial charge in [0.15, 0.2) is 5.82 Å². The second-order valence-corrected chi connectivity index (χ2v) is 7.42. The van der Waals surface area contributed by atoms with Gasteiger partial charge in [0.1, 0.15) is 11.3 Å². The molecule has 0 amide bonds. The van der Waals surface area contributed by atoms with Crippen molar-refractivity contribution in [1.82, 2.24) is 14.5 Å². The Morgan fingerprint density at radius 3 is 2.43 bits per heavy atom. The lowest BCUT2D eigenvalue weighted by Crippen LogP contribution is -2.37. The van der Waals surface area contributed by atoms with Gasteiger partial charge in [-0.3, -0.25) is 0 Å². The lowest BCUT2D eigenvalue weighted by molar-refractivity contribution is 0.122. The molecule has 7 nitrogen and oxygen atoms in total. The van der Waals surface area contributed by atoms with E-state index in [-0.39, 0.29) is 5.88 Å². The molecule has 7 heteroatoms. The molecular formula is C23H23N5O2. The third-order valence-corrected chi connectivity index (χ3v) is 5.37. The molecule has 1 fully saturated rings. The van der Waals surface area contributed by atoms with Crippen molar-refractivity contribution in [2.75, 3.05) is 36.9 Å². The Morgan fingerprint density at radius 2 is 1.70 bits per heavy atom. The Labute approximate surface area is 174 Å². The van der Waals surface area contributed by atoms with E-state index in [2.05, 4.69) is 4.90 Å². The molecule has 1 aliphatic rings. The largest absolute Gasteiger partial charge is 0.493 e. The molecule has 3 N–H and O–H groups in total. The molecule has 4 aromatic rings. The predicted octanol–water partition coefficient (Wildman–Crippen LogP) is 3.27. The molecule has 5 rings (SSSR count). The standard InChI is InChI=1S/C23H23N5O2/c24-18-8-6-17(7-9-18)21-25-20-19(22(26-21)27-10-12-30-13-11-27)15-28(23(20)29)14-16-4-2-1-3-5-16/h1-9,15,29H,10-14,24H2.